The SMILES string of the molecule is CCN(CC)c1ccc(-c2nc(CCOCCc3nc(-c4ccc(N(CC)CC)cc4)nc4ccccc34)c3ccccc3n2)cc1. The molecule has 0 radical (unpaired) electrons. The molecule has 2 aromatic heterocycles. The van der Waals surface area contributed by atoms with E-state index in [1.165, 1.54) is 11.4 Å². The smallest absolute Gasteiger partial charge is 0.160 e. The molecule has 7 nitrogen and oxygen atoms in total. The Labute approximate surface area is 278 Å². The van der Waals surface area contributed by atoms with Gasteiger partial charge < -0.3 is 14.5 Å². The Morgan fingerprint density at radius 2 is 0.851 bits per heavy atom. The van der Waals surface area contributed by atoms with Gasteiger partial charge in [-0.3, -0.25) is 0 Å². The van der Waals surface area contributed by atoms with Gasteiger partial charge in [-0.05, 0) is 88.4 Å². The highest BCUT2D eigenvalue weighted by molar-refractivity contribution is 5.84. The number of ether oxygens (including phenoxy) is 1. The second kappa shape index (κ2) is 15.1. The number of hydrogen-bond acceptors (Lipinski definition) is 7. The fraction of sp³-hybridized carbons (Fsp3) is 0.300. The number of fused-ring (bicyclic) bond motifs is 2. The molecule has 0 unspecified atom stereocenters. The molecule has 0 atom stereocenters. The van der Waals surface area contributed by atoms with Crippen LogP contribution in [0.2, 0.25) is 0 Å². The van der Waals surface area contributed by atoms with Crippen LogP contribution in [0.3, 0.4) is 0 Å². The van der Waals surface area contributed by atoms with Crippen molar-refractivity contribution >= 4 is 33.2 Å². The average molecular weight is 625 g/mol. The highest BCUT2D eigenvalue weighted by atomic mass is 16.5. The normalized spacial score (nSPS) is 11.3. The minimum absolute atomic E-state index is 0.560. The van der Waals surface area contributed by atoms with Gasteiger partial charge in [-0.2, -0.15) is 0 Å². The molecule has 2 heterocycles. The summed E-state index contributed by atoms with van der Waals surface area (Å²) < 4.78 is 6.23. The van der Waals surface area contributed by atoms with Crippen molar-refractivity contribution in [1.82, 2.24) is 19.9 Å². The molecule has 0 saturated carbocycles. The van der Waals surface area contributed by atoms with Crippen LogP contribution in [-0.2, 0) is 17.6 Å². The molecule has 0 aliphatic carbocycles. The van der Waals surface area contributed by atoms with Gasteiger partial charge in [-0.1, -0.05) is 36.4 Å². The summed E-state index contributed by atoms with van der Waals surface area (Å²) in [6, 6.07) is 33.6. The molecule has 0 bridgehead atoms. The van der Waals surface area contributed by atoms with Crippen LogP contribution in [0.25, 0.3) is 44.6 Å². The highest BCUT2D eigenvalue weighted by Crippen LogP contribution is 2.26. The van der Waals surface area contributed by atoms with Crippen molar-refractivity contribution in [3.63, 3.8) is 0 Å². The molecule has 0 saturated heterocycles. The Hall–Kier alpha value is -4.88. The summed E-state index contributed by atoms with van der Waals surface area (Å²) in [7, 11) is 0. The lowest BCUT2D eigenvalue weighted by Gasteiger charge is -2.21. The molecule has 7 heteroatoms. The Kier molecular flexibility index (Phi) is 10.3. The van der Waals surface area contributed by atoms with Crippen LogP contribution in [0.4, 0.5) is 11.4 Å². The molecule has 0 spiro atoms. The van der Waals surface area contributed by atoms with Crippen LogP contribution in [0.1, 0.15) is 39.1 Å². The van der Waals surface area contributed by atoms with E-state index >= 15 is 0 Å². The number of nitrogens with zero attached hydrogens (tertiary/aromatic N) is 6. The first-order valence-corrected chi connectivity index (χ1v) is 16.9. The van der Waals surface area contributed by atoms with Crippen molar-refractivity contribution in [2.45, 2.75) is 40.5 Å². The standard InChI is InChI=1S/C40H44N6O/c1-5-45(6-2)31-21-17-29(18-22-31)39-41-35-15-11-9-13-33(35)37(43-39)25-27-47-28-26-38-34-14-10-12-16-36(34)42-40(44-38)30-19-23-32(24-20-30)46(7-3)8-4/h9-24H,5-8,25-28H2,1-4H3. The van der Waals surface area contributed by atoms with E-state index in [0.717, 1.165) is 82.1 Å². The van der Waals surface area contributed by atoms with Gasteiger partial charge in [0.15, 0.2) is 11.6 Å². The monoisotopic (exact) mass is 624 g/mol. The van der Waals surface area contributed by atoms with Crippen LogP contribution in [0, 0.1) is 0 Å². The number of anilines is 2. The fourth-order valence-corrected chi connectivity index (χ4v) is 6.18. The molecule has 0 N–H and O–H groups in total. The molecule has 6 rings (SSSR count). The Morgan fingerprint density at radius 1 is 0.468 bits per heavy atom. The maximum Gasteiger partial charge on any atom is 0.160 e. The number of para-hydroxylation sites is 2. The zero-order chi connectivity index (χ0) is 32.6. The lowest BCUT2D eigenvalue weighted by Crippen LogP contribution is -2.21. The van der Waals surface area contributed by atoms with E-state index in [1.54, 1.807) is 0 Å². The van der Waals surface area contributed by atoms with Gasteiger partial charge >= 0.3 is 0 Å². The van der Waals surface area contributed by atoms with E-state index < -0.39 is 0 Å². The second-order valence-corrected chi connectivity index (χ2v) is 11.6. The molecule has 47 heavy (non-hydrogen) atoms. The fourth-order valence-electron chi connectivity index (χ4n) is 6.18. The summed E-state index contributed by atoms with van der Waals surface area (Å²) in [6.07, 6.45) is 1.39. The molecule has 0 aliphatic heterocycles. The third-order valence-corrected chi connectivity index (χ3v) is 8.84. The van der Waals surface area contributed by atoms with E-state index in [9.17, 15) is 0 Å². The largest absolute Gasteiger partial charge is 0.381 e. The minimum atomic E-state index is 0.560. The highest BCUT2D eigenvalue weighted by Gasteiger charge is 2.13. The Balaban J connectivity index is 1.16. The summed E-state index contributed by atoms with van der Waals surface area (Å²) in [6.45, 7) is 13.7. The van der Waals surface area contributed by atoms with Gasteiger partial charge in [0.2, 0.25) is 0 Å². The predicted octanol–water partition coefficient (Wildman–Crippen LogP) is 8.40. The molecular formula is C40H44N6O. The molecule has 6 aromatic rings. The zero-order valence-electron chi connectivity index (χ0n) is 28.0. The molecule has 4 aromatic carbocycles. The number of benzene rings is 4. The van der Waals surface area contributed by atoms with Crippen molar-refractivity contribution in [3.05, 3.63) is 108 Å². The number of hydrogen-bond donors (Lipinski definition) is 0. The molecular weight excluding hydrogens is 580 g/mol. The van der Waals surface area contributed by atoms with Gasteiger partial charge in [0.25, 0.3) is 0 Å². The van der Waals surface area contributed by atoms with Crippen molar-refractivity contribution in [2.24, 2.45) is 0 Å². The zero-order valence-corrected chi connectivity index (χ0v) is 28.0. The van der Waals surface area contributed by atoms with Gasteiger partial charge in [-0.25, -0.2) is 19.9 Å². The maximum absolute atomic E-state index is 6.23. The first-order chi connectivity index (χ1) is 23.1. The Bertz CT molecular complexity index is 1770. The summed E-state index contributed by atoms with van der Waals surface area (Å²) in [5, 5.41) is 2.14. The second-order valence-electron chi connectivity index (χ2n) is 11.6. The van der Waals surface area contributed by atoms with E-state index in [0.29, 0.717) is 26.1 Å². The molecule has 240 valence electrons. The van der Waals surface area contributed by atoms with Crippen LogP contribution in [-0.4, -0.2) is 59.3 Å². The van der Waals surface area contributed by atoms with Crippen LogP contribution in [0.5, 0.6) is 0 Å². The van der Waals surface area contributed by atoms with Gasteiger partial charge in [0.05, 0.1) is 35.6 Å². The third-order valence-electron chi connectivity index (χ3n) is 8.84. The average Bonchev–Trinajstić information content (AvgIpc) is 3.13. The van der Waals surface area contributed by atoms with Crippen molar-refractivity contribution in [1.29, 1.82) is 0 Å². The third kappa shape index (κ3) is 7.26. The van der Waals surface area contributed by atoms with Crippen molar-refractivity contribution in [2.75, 3.05) is 49.2 Å². The summed E-state index contributed by atoms with van der Waals surface area (Å²) >= 11 is 0. The van der Waals surface area contributed by atoms with Crippen LogP contribution >= 0.6 is 0 Å². The van der Waals surface area contributed by atoms with Gasteiger partial charge in [-0.15, -0.1) is 0 Å². The van der Waals surface area contributed by atoms with E-state index in [1.807, 2.05) is 24.3 Å². The maximum atomic E-state index is 6.23. The number of rotatable bonds is 14. The van der Waals surface area contributed by atoms with Crippen LogP contribution in [0.15, 0.2) is 97.1 Å². The first-order valence-electron chi connectivity index (χ1n) is 16.9. The molecule has 0 amide bonds. The summed E-state index contributed by atoms with van der Waals surface area (Å²) in [5.74, 6) is 1.49. The lowest BCUT2D eigenvalue weighted by molar-refractivity contribution is 0.139. The van der Waals surface area contributed by atoms with Crippen LogP contribution < -0.4 is 9.80 Å². The first kappa shape index (κ1) is 32.1. The molecule has 0 fully saturated rings. The summed E-state index contributed by atoms with van der Waals surface area (Å²) in [5.41, 5.74) is 8.36. The molecule has 0 aliphatic rings. The van der Waals surface area contributed by atoms with Crippen molar-refractivity contribution in [3.8, 4) is 22.8 Å². The Morgan fingerprint density at radius 3 is 1.23 bits per heavy atom. The topological polar surface area (TPSA) is 67.3 Å². The van der Waals surface area contributed by atoms with E-state index in [-0.39, 0.29) is 0 Å². The number of aromatic nitrogens is 4. The minimum Gasteiger partial charge on any atom is -0.381 e. The van der Waals surface area contributed by atoms with Gasteiger partial charge in [0, 0.05) is 72.3 Å². The van der Waals surface area contributed by atoms with Crippen molar-refractivity contribution < 1.29 is 4.74 Å². The quantitative estimate of drug-likeness (QED) is 0.113. The predicted molar refractivity (Wildman–Crippen MR) is 195 cm³/mol. The van der Waals surface area contributed by atoms with E-state index in [4.69, 9.17) is 24.7 Å². The summed E-state index contributed by atoms with van der Waals surface area (Å²) in [4.78, 5) is 24.5. The van der Waals surface area contributed by atoms with E-state index in [2.05, 4.69) is 110 Å². The van der Waals surface area contributed by atoms with Gasteiger partial charge in [0.1, 0.15) is 0 Å². The lowest BCUT2D eigenvalue weighted by atomic mass is 10.1.